The fourth-order valence-corrected chi connectivity index (χ4v) is 1.64. The molecule has 1 aromatic carbocycles. The number of hydrogen-bond donors (Lipinski definition) is 2. The molecule has 0 aliphatic heterocycles. The first-order chi connectivity index (χ1) is 6.75. The molecule has 0 atom stereocenters. The first-order valence-electron chi connectivity index (χ1n) is 4.16. The van der Waals surface area contributed by atoms with Crippen molar-refractivity contribution in [2.75, 3.05) is 0 Å². The van der Waals surface area contributed by atoms with Crippen molar-refractivity contribution in [3.05, 3.63) is 30.5 Å². The van der Waals surface area contributed by atoms with Gasteiger partial charge in [-0.1, -0.05) is 0 Å². The van der Waals surface area contributed by atoms with Gasteiger partial charge in [-0.3, -0.25) is 0 Å². The highest BCUT2D eigenvalue weighted by molar-refractivity contribution is 5.95. The quantitative estimate of drug-likeness (QED) is 0.533. The molecule has 2 heterocycles. The zero-order valence-electron chi connectivity index (χ0n) is 7.14. The standard InChI is InChI=1S/C10H7NO3/c12-10-4-7-3-6-1-2-14-9(6)5-8(7)11(10)13/h1-5,12-13H. The van der Waals surface area contributed by atoms with Gasteiger partial charge >= 0.3 is 0 Å². The molecule has 3 aromatic rings. The molecular formula is C10H7NO3. The van der Waals surface area contributed by atoms with Crippen LogP contribution in [0.15, 0.2) is 34.9 Å². The maximum absolute atomic E-state index is 9.42. The van der Waals surface area contributed by atoms with Crippen molar-refractivity contribution in [2.24, 2.45) is 0 Å². The van der Waals surface area contributed by atoms with Gasteiger partial charge in [-0.15, -0.1) is 0 Å². The Morgan fingerprint density at radius 3 is 2.86 bits per heavy atom. The predicted molar refractivity (Wildman–Crippen MR) is 50.6 cm³/mol. The van der Waals surface area contributed by atoms with Crippen LogP contribution < -0.4 is 0 Å². The summed E-state index contributed by atoms with van der Waals surface area (Å²) in [6, 6.07) is 6.87. The lowest BCUT2D eigenvalue weighted by atomic mass is 10.2. The molecule has 0 bridgehead atoms. The van der Waals surface area contributed by atoms with Gasteiger partial charge in [-0.2, -0.15) is 4.73 Å². The van der Waals surface area contributed by atoms with Crippen LogP contribution in [0.4, 0.5) is 0 Å². The summed E-state index contributed by atoms with van der Waals surface area (Å²) < 4.78 is 5.92. The molecule has 4 nitrogen and oxygen atoms in total. The van der Waals surface area contributed by atoms with Crippen LogP contribution in [0.5, 0.6) is 5.88 Å². The van der Waals surface area contributed by atoms with Gasteiger partial charge in [-0.05, 0) is 12.1 Å². The molecule has 2 aromatic heterocycles. The van der Waals surface area contributed by atoms with Crippen molar-refractivity contribution in [1.29, 1.82) is 0 Å². The van der Waals surface area contributed by atoms with E-state index in [0.29, 0.717) is 11.1 Å². The van der Waals surface area contributed by atoms with Crippen LogP contribution in [0.2, 0.25) is 0 Å². The number of aromatic nitrogens is 1. The zero-order chi connectivity index (χ0) is 9.71. The van der Waals surface area contributed by atoms with E-state index in [2.05, 4.69) is 0 Å². The van der Waals surface area contributed by atoms with Crippen LogP contribution in [0.1, 0.15) is 0 Å². The second-order valence-electron chi connectivity index (χ2n) is 3.18. The van der Waals surface area contributed by atoms with Crippen molar-refractivity contribution in [2.45, 2.75) is 0 Å². The Bertz CT molecular complexity index is 621. The summed E-state index contributed by atoms with van der Waals surface area (Å²) in [6.45, 7) is 0. The summed E-state index contributed by atoms with van der Waals surface area (Å²) in [5.41, 5.74) is 1.22. The number of fused-ring (bicyclic) bond motifs is 2. The van der Waals surface area contributed by atoms with E-state index in [4.69, 9.17) is 4.42 Å². The maximum Gasteiger partial charge on any atom is 0.225 e. The number of furan rings is 1. The fourth-order valence-electron chi connectivity index (χ4n) is 1.64. The van der Waals surface area contributed by atoms with Crippen molar-refractivity contribution in [1.82, 2.24) is 4.73 Å². The lowest BCUT2D eigenvalue weighted by Gasteiger charge is -1.95. The Kier molecular flexibility index (Phi) is 1.16. The first kappa shape index (κ1) is 7.32. The van der Waals surface area contributed by atoms with Gasteiger partial charge in [0.15, 0.2) is 0 Å². The molecule has 0 spiro atoms. The third kappa shape index (κ3) is 0.771. The van der Waals surface area contributed by atoms with Gasteiger partial charge < -0.3 is 14.7 Å². The average Bonchev–Trinajstić information content (AvgIpc) is 2.70. The molecule has 0 saturated heterocycles. The summed E-state index contributed by atoms with van der Waals surface area (Å²) in [7, 11) is 0. The lowest BCUT2D eigenvalue weighted by molar-refractivity contribution is 0.167. The van der Waals surface area contributed by atoms with Crippen LogP contribution in [-0.2, 0) is 0 Å². The van der Waals surface area contributed by atoms with Crippen LogP contribution in [0, 0.1) is 0 Å². The zero-order valence-corrected chi connectivity index (χ0v) is 7.14. The maximum atomic E-state index is 9.42. The molecule has 3 rings (SSSR count). The van der Waals surface area contributed by atoms with Crippen molar-refractivity contribution >= 4 is 21.9 Å². The molecule has 0 unspecified atom stereocenters. The van der Waals surface area contributed by atoms with E-state index >= 15 is 0 Å². The Morgan fingerprint density at radius 1 is 1.14 bits per heavy atom. The summed E-state index contributed by atoms with van der Waals surface area (Å²) in [4.78, 5) is 0. The number of hydrogen-bond acceptors (Lipinski definition) is 3. The largest absolute Gasteiger partial charge is 0.492 e. The molecule has 0 aliphatic rings. The highest BCUT2D eigenvalue weighted by atomic mass is 16.5. The van der Waals surface area contributed by atoms with E-state index in [-0.39, 0.29) is 5.88 Å². The molecule has 0 fully saturated rings. The number of benzene rings is 1. The highest BCUT2D eigenvalue weighted by Gasteiger charge is 2.08. The van der Waals surface area contributed by atoms with E-state index < -0.39 is 0 Å². The Balaban J connectivity index is 2.56. The monoisotopic (exact) mass is 189 g/mol. The summed E-state index contributed by atoms with van der Waals surface area (Å²) in [5, 5.41) is 20.4. The van der Waals surface area contributed by atoms with Gasteiger partial charge in [0.05, 0.1) is 11.8 Å². The number of nitrogens with zero attached hydrogens (tertiary/aromatic N) is 1. The normalized spacial score (nSPS) is 11.4. The minimum Gasteiger partial charge on any atom is -0.492 e. The van der Waals surface area contributed by atoms with E-state index in [1.165, 1.54) is 6.07 Å². The second-order valence-corrected chi connectivity index (χ2v) is 3.18. The first-order valence-corrected chi connectivity index (χ1v) is 4.16. The Labute approximate surface area is 78.6 Å². The topological polar surface area (TPSA) is 58.5 Å². The van der Waals surface area contributed by atoms with Gasteiger partial charge in [-0.25, -0.2) is 0 Å². The van der Waals surface area contributed by atoms with Gasteiger partial charge in [0.25, 0.3) is 0 Å². The predicted octanol–water partition coefficient (Wildman–Crippen LogP) is 2.33. The molecule has 0 amide bonds. The smallest absolute Gasteiger partial charge is 0.225 e. The summed E-state index contributed by atoms with van der Waals surface area (Å²) in [5.74, 6) is -0.173. The highest BCUT2D eigenvalue weighted by Crippen LogP contribution is 2.28. The van der Waals surface area contributed by atoms with E-state index in [1.54, 1.807) is 12.3 Å². The summed E-state index contributed by atoms with van der Waals surface area (Å²) >= 11 is 0. The summed E-state index contributed by atoms with van der Waals surface area (Å²) in [6.07, 6.45) is 1.59. The SMILES string of the molecule is Oc1cc2cc3ccoc3cc2n1O. The lowest BCUT2D eigenvalue weighted by Crippen LogP contribution is -1.86. The van der Waals surface area contributed by atoms with E-state index in [1.807, 2.05) is 12.1 Å². The second kappa shape index (κ2) is 2.23. The van der Waals surface area contributed by atoms with Crippen LogP contribution in [0.3, 0.4) is 0 Å². The minimum atomic E-state index is -0.173. The van der Waals surface area contributed by atoms with Crippen LogP contribution in [-0.4, -0.2) is 15.0 Å². The number of rotatable bonds is 0. The van der Waals surface area contributed by atoms with Crippen molar-refractivity contribution in [3.63, 3.8) is 0 Å². The molecule has 14 heavy (non-hydrogen) atoms. The average molecular weight is 189 g/mol. The van der Waals surface area contributed by atoms with E-state index in [0.717, 1.165) is 15.5 Å². The van der Waals surface area contributed by atoms with E-state index in [9.17, 15) is 10.3 Å². The third-order valence-electron chi connectivity index (χ3n) is 2.33. The number of aromatic hydroxyl groups is 1. The molecule has 70 valence electrons. The van der Waals surface area contributed by atoms with Crippen LogP contribution >= 0.6 is 0 Å². The fraction of sp³-hybridized carbons (Fsp3) is 0. The van der Waals surface area contributed by atoms with Crippen LogP contribution in [0.25, 0.3) is 21.9 Å². The molecular weight excluding hydrogens is 182 g/mol. The molecule has 2 N–H and O–H groups in total. The molecule has 0 saturated carbocycles. The molecule has 4 heteroatoms. The minimum absolute atomic E-state index is 0.173. The van der Waals surface area contributed by atoms with Crippen molar-refractivity contribution in [3.8, 4) is 5.88 Å². The van der Waals surface area contributed by atoms with Crippen molar-refractivity contribution < 1.29 is 14.7 Å². The Hall–Kier alpha value is -2.10. The van der Waals surface area contributed by atoms with Gasteiger partial charge in [0, 0.05) is 22.9 Å². The van der Waals surface area contributed by atoms with Gasteiger partial charge in [0.2, 0.25) is 5.88 Å². The molecule has 0 radical (unpaired) electrons. The third-order valence-corrected chi connectivity index (χ3v) is 2.33. The molecule has 0 aliphatic carbocycles. The Morgan fingerprint density at radius 2 is 2.00 bits per heavy atom. The van der Waals surface area contributed by atoms with Gasteiger partial charge in [0.1, 0.15) is 5.58 Å².